The van der Waals surface area contributed by atoms with Crippen LogP contribution in [0.4, 0.5) is 8.78 Å². The summed E-state index contributed by atoms with van der Waals surface area (Å²) in [6, 6.07) is 0. The Morgan fingerprint density at radius 1 is 1.04 bits per heavy atom. The second-order valence-electron chi connectivity index (χ2n) is 7.09. The third kappa shape index (κ3) is 7.04. The van der Waals surface area contributed by atoms with Crippen LogP contribution in [0.25, 0.3) is 0 Å². The molecule has 0 spiro atoms. The van der Waals surface area contributed by atoms with Gasteiger partial charge in [0.2, 0.25) is 0 Å². The summed E-state index contributed by atoms with van der Waals surface area (Å²) >= 11 is 0. The van der Waals surface area contributed by atoms with Crippen molar-refractivity contribution in [3.63, 3.8) is 0 Å². The van der Waals surface area contributed by atoms with Crippen molar-refractivity contribution in [2.75, 3.05) is 0 Å². The predicted molar refractivity (Wildman–Crippen MR) is 90.1 cm³/mol. The molecule has 2 aliphatic carbocycles. The van der Waals surface area contributed by atoms with Crippen LogP contribution in [0.2, 0.25) is 0 Å². The first-order valence-electron chi connectivity index (χ1n) is 9.28. The standard InChI is InChI=1S/C20H30F2O/c1-2-5-16-8-10-17(11-9-16)6-3-4-7-18-12-14-19(15-13-18)23-20(21)22/h3,6,16-20H,2,5,8-15H2,1H3/b6-3+. The first-order chi connectivity index (χ1) is 11.2. The molecule has 130 valence electrons. The molecule has 0 saturated heterocycles. The fourth-order valence-corrected chi connectivity index (χ4v) is 3.92. The Morgan fingerprint density at radius 2 is 1.74 bits per heavy atom. The van der Waals surface area contributed by atoms with Gasteiger partial charge in [-0.1, -0.05) is 37.7 Å². The molecule has 2 aliphatic rings. The van der Waals surface area contributed by atoms with Gasteiger partial charge in [0.1, 0.15) is 0 Å². The molecule has 0 aromatic carbocycles. The molecule has 23 heavy (non-hydrogen) atoms. The van der Waals surface area contributed by atoms with E-state index in [0.29, 0.717) is 24.7 Å². The number of allylic oxidation sites excluding steroid dienone is 2. The highest BCUT2D eigenvalue weighted by molar-refractivity contribution is 5.18. The van der Waals surface area contributed by atoms with Gasteiger partial charge < -0.3 is 4.74 Å². The van der Waals surface area contributed by atoms with Crippen LogP contribution >= 0.6 is 0 Å². The molecule has 1 nitrogen and oxygen atoms in total. The highest BCUT2D eigenvalue weighted by atomic mass is 19.3. The quantitative estimate of drug-likeness (QED) is 0.568. The van der Waals surface area contributed by atoms with Crippen molar-refractivity contribution in [3.8, 4) is 11.8 Å². The number of ether oxygens (including phenoxy) is 1. The average molecular weight is 324 g/mol. The molecular weight excluding hydrogens is 294 g/mol. The van der Waals surface area contributed by atoms with Crippen molar-refractivity contribution in [3.05, 3.63) is 12.2 Å². The maximum Gasteiger partial charge on any atom is 0.345 e. The van der Waals surface area contributed by atoms with Gasteiger partial charge in [-0.3, -0.25) is 0 Å². The van der Waals surface area contributed by atoms with E-state index in [0.717, 1.165) is 18.8 Å². The van der Waals surface area contributed by atoms with Crippen LogP contribution in [-0.2, 0) is 4.74 Å². The van der Waals surface area contributed by atoms with Gasteiger partial charge in [0.05, 0.1) is 6.10 Å². The predicted octanol–water partition coefficient (Wildman–Crippen LogP) is 5.95. The third-order valence-electron chi connectivity index (χ3n) is 5.30. The topological polar surface area (TPSA) is 9.23 Å². The van der Waals surface area contributed by atoms with Gasteiger partial charge in [-0.2, -0.15) is 8.78 Å². The molecular formula is C20H30F2O. The van der Waals surface area contributed by atoms with Gasteiger partial charge in [0.25, 0.3) is 0 Å². The van der Waals surface area contributed by atoms with Crippen LogP contribution < -0.4 is 0 Å². The van der Waals surface area contributed by atoms with E-state index in [-0.39, 0.29) is 6.10 Å². The minimum atomic E-state index is -2.64. The maximum absolute atomic E-state index is 12.1. The number of alkyl halides is 2. The van der Waals surface area contributed by atoms with Crippen LogP contribution in [0.15, 0.2) is 12.2 Å². The second kappa shape index (κ2) is 10.1. The molecule has 0 aliphatic heterocycles. The van der Waals surface area contributed by atoms with Crippen molar-refractivity contribution in [2.24, 2.45) is 17.8 Å². The lowest BCUT2D eigenvalue weighted by atomic mass is 9.80. The van der Waals surface area contributed by atoms with E-state index in [1.165, 1.54) is 38.5 Å². The van der Waals surface area contributed by atoms with E-state index in [2.05, 4.69) is 29.6 Å². The molecule has 3 heteroatoms. The maximum atomic E-state index is 12.1. The summed E-state index contributed by atoms with van der Waals surface area (Å²) in [5.74, 6) is 8.45. The number of rotatable bonds is 5. The lowest BCUT2D eigenvalue weighted by Crippen LogP contribution is -2.23. The van der Waals surface area contributed by atoms with E-state index in [1.807, 2.05) is 6.08 Å². The summed E-state index contributed by atoms with van der Waals surface area (Å²) in [5, 5.41) is 0. The number of hydrogen-bond donors (Lipinski definition) is 0. The SMILES string of the molecule is CCCC1CCC(/C=C/C#CC2CCC(OC(F)F)CC2)CC1. The Bertz CT molecular complexity index is 405. The largest absolute Gasteiger partial charge is 0.345 e. The van der Waals surface area contributed by atoms with E-state index >= 15 is 0 Å². The molecule has 2 saturated carbocycles. The van der Waals surface area contributed by atoms with Crippen molar-refractivity contribution in [1.29, 1.82) is 0 Å². The molecule has 0 amide bonds. The fourth-order valence-electron chi connectivity index (χ4n) is 3.92. The van der Waals surface area contributed by atoms with Crippen LogP contribution in [0.3, 0.4) is 0 Å². The van der Waals surface area contributed by atoms with E-state index in [9.17, 15) is 8.78 Å². The van der Waals surface area contributed by atoms with E-state index in [1.54, 1.807) is 0 Å². The Morgan fingerprint density at radius 3 is 2.35 bits per heavy atom. The van der Waals surface area contributed by atoms with Crippen molar-refractivity contribution in [2.45, 2.75) is 83.8 Å². The molecule has 0 bridgehead atoms. The summed E-state index contributed by atoms with van der Waals surface area (Å²) in [6.45, 7) is -0.368. The minimum absolute atomic E-state index is 0.276. The normalized spacial score (nSPS) is 32.0. The molecule has 0 aromatic rings. The van der Waals surface area contributed by atoms with Crippen molar-refractivity contribution < 1.29 is 13.5 Å². The van der Waals surface area contributed by atoms with Crippen LogP contribution in [0.5, 0.6) is 0 Å². The molecule has 0 heterocycles. The van der Waals surface area contributed by atoms with E-state index < -0.39 is 6.61 Å². The first-order valence-corrected chi connectivity index (χ1v) is 9.28. The lowest BCUT2D eigenvalue weighted by Gasteiger charge is -2.26. The smallest absolute Gasteiger partial charge is 0.320 e. The average Bonchev–Trinajstić information content (AvgIpc) is 2.54. The molecule has 2 rings (SSSR count). The Balaban J connectivity index is 1.64. The molecule has 0 atom stereocenters. The Kier molecular flexibility index (Phi) is 8.09. The summed E-state index contributed by atoms with van der Waals surface area (Å²) in [5.41, 5.74) is 0. The van der Waals surface area contributed by atoms with Gasteiger partial charge in [0.15, 0.2) is 0 Å². The zero-order valence-corrected chi connectivity index (χ0v) is 14.3. The number of hydrogen-bond acceptors (Lipinski definition) is 1. The van der Waals surface area contributed by atoms with Crippen LogP contribution in [0, 0.1) is 29.6 Å². The monoisotopic (exact) mass is 324 g/mol. The first kappa shape index (κ1) is 18.5. The Hall–Kier alpha value is -0.880. The van der Waals surface area contributed by atoms with Gasteiger partial charge in [-0.15, -0.1) is 0 Å². The van der Waals surface area contributed by atoms with Gasteiger partial charge in [-0.05, 0) is 69.3 Å². The summed E-state index contributed by atoms with van der Waals surface area (Å²) in [6.07, 6.45) is 15.2. The molecule has 0 unspecified atom stereocenters. The molecule has 2 fully saturated rings. The zero-order valence-electron chi connectivity index (χ0n) is 14.3. The van der Waals surface area contributed by atoms with Gasteiger partial charge in [0, 0.05) is 5.92 Å². The summed E-state index contributed by atoms with van der Waals surface area (Å²) < 4.78 is 28.9. The van der Waals surface area contributed by atoms with Gasteiger partial charge >= 0.3 is 6.61 Å². The van der Waals surface area contributed by atoms with E-state index in [4.69, 9.17) is 0 Å². The van der Waals surface area contributed by atoms with Crippen molar-refractivity contribution in [1.82, 2.24) is 0 Å². The fraction of sp³-hybridized carbons (Fsp3) is 0.800. The highest BCUT2D eigenvalue weighted by Crippen LogP contribution is 2.32. The number of halogens is 2. The highest BCUT2D eigenvalue weighted by Gasteiger charge is 2.23. The molecule has 0 aromatic heterocycles. The second-order valence-corrected chi connectivity index (χ2v) is 7.09. The lowest BCUT2D eigenvalue weighted by molar-refractivity contribution is -0.170. The summed E-state index contributed by atoms with van der Waals surface area (Å²) in [4.78, 5) is 0. The van der Waals surface area contributed by atoms with Crippen LogP contribution in [0.1, 0.15) is 71.1 Å². The van der Waals surface area contributed by atoms with Crippen LogP contribution in [-0.4, -0.2) is 12.7 Å². The molecule has 0 radical (unpaired) electrons. The summed E-state index contributed by atoms with van der Waals surface area (Å²) in [7, 11) is 0. The zero-order chi connectivity index (χ0) is 16.5. The van der Waals surface area contributed by atoms with Crippen molar-refractivity contribution >= 4 is 0 Å². The minimum Gasteiger partial charge on any atom is -0.320 e. The third-order valence-corrected chi connectivity index (χ3v) is 5.30. The Labute approximate surface area is 139 Å². The molecule has 0 N–H and O–H groups in total. The van der Waals surface area contributed by atoms with Gasteiger partial charge in [-0.25, -0.2) is 0 Å².